The zero-order valence-electron chi connectivity index (χ0n) is 8.22. The van der Waals surface area contributed by atoms with E-state index >= 15 is 0 Å². The number of nitrogens with two attached hydrogens (primary N) is 1. The Balaban J connectivity index is 2.73. The molecular formula is C10H9BrN2O3. The molecular weight excluding hydrogens is 276 g/mol. The highest BCUT2D eigenvalue weighted by Crippen LogP contribution is 2.13. The van der Waals surface area contributed by atoms with Crippen molar-refractivity contribution in [1.29, 1.82) is 0 Å². The van der Waals surface area contributed by atoms with Gasteiger partial charge in [0.05, 0.1) is 9.41 Å². The molecule has 0 bridgehead atoms. The fourth-order valence-electron chi connectivity index (χ4n) is 1.06. The van der Waals surface area contributed by atoms with Crippen molar-refractivity contribution < 1.29 is 9.72 Å². The number of hydrogen-bond donors (Lipinski definition) is 1. The molecule has 84 valence electrons. The van der Waals surface area contributed by atoms with E-state index in [0.29, 0.717) is 10.9 Å². The molecule has 0 radical (unpaired) electrons. The van der Waals surface area contributed by atoms with E-state index < -0.39 is 10.8 Å². The second-order valence-electron chi connectivity index (χ2n) is 3.04. The van der Waals surface area contributed by atoms with Crippen LogP contribution in [0.15, 0.2) is 34.8 Å². The SMILES string of the molecule is NC(=O)C(Br)=CCc1ccc([N+](=O)[O-])cc1. The van der Waals surface area contributed by atoms with Crippen LogP contribution in [0.4, 0.5) is 5.69 Å². The van der Waals surface area contributed by atoms with E-state index in [4.69, 9.17) is 5.73 Å². The number of nitro benzene ring substituents is 1. The highest BCUT2D eigenvalue weighted by atomic mass is 79.9. The van der Waals surface area contributed by atoms with Crippen molar-refractivity contribution in [2.24, 2.45) is 5.73 Å². The third-order valence-electron chi connectivity index (χ3n) is 1.90. The van der Waals surface area contributed by atoms with Gasteiger partial charge in [-0.15, -0.1) is 0 Å². The van der Waals surface area contributed by atoms with Gasteiger partial charge in [0, 0.05) is 12.1 Å². The summed E-state index contributed by atoms with van der Waals surface area (Å²) in [5, 5.41) is 10.4. The summed E-state index contributed by atoms with van der Waals surface area (Å²) in [5.41, 5.74) is 5.93. The molecule has 0 aliphatic rings. The smallest absolute Gasteiger partial charge is 0.269 e. The molecule has 0 aliphatic carbocycles. The van der Waals surface area contributed by atoms with E-state index in [1.54, 1.807) is 18.2 Å². The molecule has 0 unspecified atom stereocenters. The molecule has 1 rings (SSSR count). The number of primary amides is 1. The molecule has 6 heteroatoms. The van der Waals surface area contributed by atoms with Gasteiger partial charge in [0.15, 0.2) is 0 Å². The third kappa shape index (κ3) is 3.47. The van der Waals surface area contributed by atoms with E-state index in [9.17, 15) is 14.9 Å². The number of halogens is 1. The topological polar surface area (TPSA) is 86.2 Å². The number of carbonyl (C=O) groups is 1. The number of amides is 1. The van der Waals surface area contributed by atoms with Gasteiger partial charge in [-0.3, -0.25) is 14.9 Å². The number of rotatable bonds is 4. The van der Waals surface area contributed by atoms with Gasteiger partial charge >= 0.3 is 0 Å². The lowest BCUT2D eigenvalue weighted by molar-refractivity contribution is -0.384. The Morgan fingerprint density at radius 2 is 2.00 bits per heavy atom. The van der Waals surface area contributed by atoms with Gasteiger partial charge in [-0.05, 0) is 27.9 Å². The number of benzene rings is 1. The van der Waals surface area contributed by atoms with Crippen molar-refractivity contribution in [3.05, 3.63) is 50.5 Å². The first-order valence-corrected chi connectivity index (χ1v) is 5.19. The highest BCUT2D eigenvalue weighted by molar-refractivity contribution is 9.12. The molecule has 5 nitrogen and oxygen atoms in total. The average molecular weight is 285 g/mol. The minimum Gasteiger partial charge on any atom is -0.365 e. The number of hydrogen-bond acceptors (Lipinski definition) is 3. The van der Waals surface area contributed by atoms with E-state index in [-0.39, 0.29) is 5.69 Å². The molecule has 1 aromatic rings. The maximum atomic E-state index is 10.7. The molecule has 16 heavy (non-hydrogen) atoms. The first kappa shape index (κ1) is 12.4. The average Bonchev–Trinajstić information content (AvgIpc) is 2.26. The predicted octanol–water partition coefficient (Wildman–Crippen LogP) is 1.90. The number of non-ortho nitro benzene ring substituents is 1. The summed E-state index contributed by atoms with van der Waals surface area (Å²) < 4.78 is 0.297. The largest absolute Gasteiger partial charge is 0.365 e. The van der Waals surface area contributed by atoms with E-state index in [1.165, 1.54) is 12.1 Å². The lowest BCUT2D eigenvalue weighted by Crippen LogP contribution is -2.10. The van der Waals surface area contributed by atoms with Crippen LogP contribution < -0.4 is 5.73 Å². The standard InChI is InChI=1S/C10H9BrN2O3/c11-9(10(12)14)6-3-7-1-4-8(5-2-7)13(15)16/h1-2,4-6H,3H2,(H2,12,14). The van der Waals surface area contributed by atoms with Gasteiger partial charge in [-0.25, -0.2) is 0 Å². The maximum absolute atomic E-state index is 10.7. The van der Waals surface area contributed by atoms with Gasteiger partial charge in [0.1, 0.15) is 0 Å². The second kappa shape index (κ2) is 5.41. The number of nitro groups is 1. The molecule has 0 aromatic heterocycles. The van der Waals surface area contributed by atoms with Crippen molar-refractivity contribution >= 4 is 27.5 Å². The fraction of sp³-hybridized carbons (Fsp3) is 0.100. The van der Waals surface area contributed by atoms with Crippen molar-refractivity contribution in [1.82, 2.24) is 0 Å². The molecule has 1 aromatic carbocycles. The van der Waals surface area contributed by atoms with Gasteiger partial charge in [-0.1, -0.05) is 18.2 Å². The Bertz CT molecular complexity index is 440. The Morgan fingerprint density at radius 3 is 2.44 bits per heavy atom. The molecule has 2 N–H and O–H groups in total. The molecule has 0 spiro atoms. The van der Waals surface area contributed by atoms with Crippen LogP contribution in [0.2, 0.25) is 0 Å². The first-order valence-electron chi connectivity index (χ1n) is 4.39. The van der Waals surface area contributed by atoms with Crippen LogP contribution in [-0.2, 0) is 11.2 Å². The van der Waals surface area contributed by atoms with Gasteiger partial charge in [0.2, 0.25) is 0 Å². The Hall–Kier alpha value is -1.69. The monoisotopic (exact) mass is 284 g/mol. The van der Waals surface area contributed by atoms with E-state index in [1.807, 2.05) is 0 Å². The number of allylic oxidation sites excluding steroid dienone is 1. The van der Waals surface area contributed by atoms with E-state index in [2.05, 4.69) is 15.9 Å². The summed E-state index contributed by atoms with van der Waals surface area (Å²) >= 11 is 3.02. The molecule has 0 aliphatic heterocycles. The summed E-state index contributed by atoms with van der Waals surface area (Å²) in [7, 11) is 0. The van der Waals surface area contributed by atoms with Crippen molar-refractivity contribution in [2.75, 3.05) is 0 Å². The minimum atomic E-state index is -0.540. The number of carbonyl (C=O) groups excluding carboxylic acids is 1. The molecule has 0 saturated carbocycles. The molecule has 1 amide bonds. The fourth-order valence-corrected chi connectivity index (χ4v) is 1.22. The summed E-state index contributed by atoms with van der Waals surface area (Å²) in [6.45, 7) is 0. The van der Waals surface area contributed by atoms with Crippen molar-refractivity contribution in [3.8, 4) is 0 Å². The molecule has 0 fully saturated rings. The van der Waals surface area contributed by atoms with Gasteiger partial charge in [-0.2, -0.15) is 0 Å². The van der Waals surface area contributed by atoms with Crippen LogP contribution in [0.3, 0.4) is 0 Å². The van der Waals surface area contributed by atoms with Crippen LogP contribution in [0.25, 0.3) is 0 Å². The van der Waals surface area contributed by atoms with Crippen LogP contribution >= 0.6 is 15.9 Å². The van der Waals surface area contributed by atoms with Crippen molar-refractivity contribution in [3.63, 3.8) is 0 Å². The van der Waals surface area contributed by atoms with Gasteiger partial charge in [0.25, 0.3) is 11.6 Å². The normalized spacial score (nSPS) is 11.2. The van der Waals surface area contributed by atoms with Crippen LogP contribution in [0.1, 0.15) is 5.56 Å². The lowest BCUT2D eigenvalue weighted by Gasteiger charge is -1.97. The number of nitrogens with zero attached hydrogens (tertiary/aromatic N) is 1. The van der Waals surface area contributed by atoms with Crippen molar-refractivity contribution in [2.45, 2.75) is 6.42 Å². The molecule has 0 heterocycles. The second-order valence-corrected chi connectivity index (χ2v) is 3.90. The van der Waals surface area contributed by atoms with Crippen LogP contribution in [0, 0.1) is 10.1 Å². The minimum absolute atomic E-state index is 0.0432. The Kier molecular flexibility index (Phi) is 4.19. The maximum Gasteiger partial charge on any atom is 0.269 e. The third-order valence-corrected chi connectivity index (χ3v) is 2.61. The van der Waals surface area contributed by atoms with Gasteiger partial charge < -0.3 is 5.73 Å². The summed E-state index contributed by atoms with van der Waals surface area (Å²) in [6, 6.07) is 6.11. The summed E-state index contributed by atoms with van der Waals surface area (Å²) in [4.78, 5) is 20.6. The first-order chi connectivity index (χ1) is 7.50. The highest BCUT2D eigenvalue weighted by Gasteiger charge is 2.04. The molecule has 0 saturated heterocycles. The predicted molar refractivity (Wildman–Crippen MR) is 63.0 cm³/mol. The van der Waals surface area contributed by atoms with E-state index in [0.717, 1.165) is 5.56 Å². The zero-order chi connectivity index (χ0) is 12.1. The summed E-state index contributed by atoms with van der Waals surface area (Å²) in [6.07, 6.45) is 2.10. The Labute approximate surface area is 100 Å². The van der Waals surface area contributed by atoms with Crippen LogP contribution in [0.5, 0.6) is 0 Å². The lowest BCUT2D eigenvalue weighted by atomic mass is 10.1. The molecule has 0 atom stereocenters. The van der Waals surface area contributed by atoms with Crippen LogP contribution in [-0.4, -0.2) is 10.8 Å². The summed E-state index contributed by atoms with van der Waals surface area (Å²) in [5.74, 6) is -0.540. The zero-order valence-corrected chi connectivity index (χ0v) is 9.81. The Morgan fingerprint density at radius 1 is 1.44 bits per heavy atom. The quantitative estimate of drug-likeness (QED) is 0.520.